The van der Waals surface area contributed by atoms with Gasteiger partial charge in [-0.05, 0) is 30.5 Å². The number of hydrogen-bond donors (Lipinski definition) is 0. The van der Waals surface area contributed by atoms with Gasteiger partial charge in [-0.25, -0.2) is 0 Å². The van der Waals surface area contributed by atoms with E-state index in [9.17, 15) is 0 Å². The Morgan fingerprint density at radius 3 is 2.18 bits per heavy atom. The molecule has 0 aromatic heterocycles. The maximum atomic E-state index is 2.21. The van der Waals surface area contributed by atoms with Crippen LogP contribution >= 0.6 is 0 Å². The summed E-state index contributed by atoms with van der Waals surface area (Å²) in [5, 5.41) is 0. The van der Waals surface area contributed by atoms with Crippen LogP contribution in [-0.2, 0) is 6.42 Å². The van der Waals surface area contributed by atoms with Crippen molar-refractivity contribution in [3.05, 3.63) is 65.2 Å². The molecule has 17 heavy (non-hydrogen) atoms. The molecule has 0 saturated carbocycles. The van der Waals surface area contributed by atoms with Crippen molar-refractivity contribution in [1.82, 2.24) is 0 Å². The highest BCUT2D eigenvalue weighted by atomic mass is 15.1. The van der Waals surface area contributed by atoms with Crippen molar-refractivity contribution in [3.8, 4) is 0 Å². The van der Waals surface area contributed by atoms with Crippen molar-refractivity contribution in [3.63, 3.8) is 0 Å². The van der Waals surface area contributed by atoms with E-state index in [1.807, 2.05) is 0 Å². The second kappa shape index (κ2) is 5.05. The van der Waals surface area contributed by atoms with Gasteiger partial charge < -0.3 is 4.90 Å². The summed E-state index contributed by atoms with van der Waals surface area (Å²) < 4.78 is 0. The van der Waals surface area contributed by atoms with E-state index in [0.717, 1.165) is 6.42 Å². The molecule has 0 fully saturated rings. The fourth-order valence-electron chi connectivity index (χ4n) is 2.02. The van der Waals surface area contributed by atoms with Gasteiger partial charge in [-0.3, -0.25) is 0 Å². The molecule has 0 atom stereocenters. The number of nitrogens with zero attached hydrogens (tertiary/aromatic N) is 1. The Morgan fingerprint density at radius 1 is 0.882 bits per heavy atom. The second-order valence-electron chi connectivity index (χ2n) is 4.69. The van der Waals surface area contributed by atoms with Crippen LogP contribution in [0.4, 0.5) is 5.69 Å². The Labute approximate surface area is 104 Å². The summed E-state index contributed by atoms with van der Waals surface area (Å²) in [5.41, 5.74) is 5.36. The maximum absolute atomic E-state index is 2.21. The largest absolute Gasteiger partial charge is 0.377 e. The highest BCUT2D eigenvalue weighted by Gasteiger charge is 2.04. The van der Waals surface area contributed by atoms with Crippen molar-refractivity contribution in [2.45, 2.75) is 13.3 Å². The van der Waals surface area contributed by atoms with Crippen LogP contribution in [0.2, 0.25) is 0 Å². The van der Waals surface area contributed by atoms with E-state index in [2.05, 4.69) is 74.4 Å². The van der Waals surface area contributed by atoms with Gasteiger partial charge in [-0.1, -0.05) is 48.0 Å². The van der Waals surface area contributed by atoms with Crippen molar-refractivity contribution in [2.75, 3.05) is 19.0 Å². The normalized spacial score (nSPS) is 10.3. The fourth-order valence-corrected chi connectivity index (χ4v) is 2.02. The number of para-hydroxylation sites is 1. The van der Waals surface area contributed by atoms with Crippen molar-refractivity contribution in [2.24, 2.45) is 0 Å². The van der Waals surface area contributed by atoms with E-state index in [0.29, 0.717) is 0 Å². The van der Waals surface area contributed by atoms with Crippen molar-refractivity contribution >= 4 is 5.69 Å². The monoisotopic (exact) mass is 225 g/mol. The lowest BCUT2D eigenvalue weighted by molar-refractivity contribution is 1.08. The molecule has 0 heterocycles. The molecule has 2 rings (SSSR count). The Balaban J connectivity index is 2.26. The Bertz CT molecular complexity index is 483. The van der Waals surface area contributed by atoms with Gasteiger partial charge in [0.25, 0.3) is 0 Å². The molecule has 0 amide bonds. The summed E-state index contributed by atoms with van der Waals surface area (Å²) in [6.07, 6.45) is 0.995. The minimum absolute atomic E-state index is 0.995. The molecule has 0 N–H and O–H groups in total. The van der Waals surface area contributed by atoms with Gasteiger partial charge in [0.05, 0.1) is 0 Å². The summed E-state index contributed by atoms with van der Waals surface area (Å²) in [6.45, 7) is 2.12. The van der Waals surface area contributed by atoms with Crippen LogP contribution in [0.3, 0.4) is 0 Å². The molecule has 0 aliphatic rings. The smallest absolute Gasteiger partial charge is 0.0396 e. The van der Waals surface area contributed by atoms with Gasteiger partial charge in [0.1, 0.15) is 0 Å². The first-order chi connectivity index (χ1) is 8.16. The number of benzene rings is 2. The third kappa shape index (κ3) is 2.88. The second-order valence-corrected chi connectivity index (χ2v) is 4.69. The van der Waals surface area contributed by atoms with E-state index in [1.165, 1.54) is 22.4 Å². The quantitative estimate of drug-likeness (QED) is 0.770. The van der Waals surface area contributed by atoms with E-state index < -0.39 is 0 Å². The molecule has 0 unspecified atom stereocenters. The van der Waals surface area contributed by atoms with E-state index in [4.69, 9.17) is 0 Å². The maximum Gasteiger partial charge on any atom is 0.0396 e. The highest BCUT2D eigenvalue weighted by Crippen LogP contribution is 2.21. The lowest BCUT2D eigenvalue weighted by Gasteiger charge is -2.17. The topological polar surface area (TPSA) is 3.24 Å². The molecule has 88 valence electrons. The zero-order valence-electron chi connectivity index (χ0n) is 10.8. The molecule has 0 saturated heterocycles. The predicted octanol–water partition coefficient (Wildman–Crippen LogP) is 3.65. The minimum Gasteiger partial charge on any atom is -0.377 e. The van der Waals surface area contributed by atoms with E-state index in [1.54, 1.807) is 0 Å². The van der Waals surface area contributed by atoms with Gasteiger partial charge in [-0.2, -0.15) is 0 Å². The number of rotatable bonds is 3. The van der Waals surface area contributed by atoms with Crippen LogP contribution in [0, 0.1) is 6.92 Å². The zero-order valence-corrected chi connectivity index (χ0v) is 10.8. The molecule has 0 spiro atoms. The lowest BCUT2D eigenvalue weighted by Crippen LogP contribution is -2.11. The van der Waals surface area contributed by atoms with Crippen molar-refractivity contribution < 1.29 is 0 Å². The predicted molar refractivity (Wildman–Crippen MR) is 74.8 cm³/mol. The van der Waals surface area contributed by atoms with Crippen LogP contribution < -0.4 is 4.90 Å². The van der Waals surface area contributed by atoms with Crippen LogP contribution in [0.1, 0.15) is 16.7 Å². The van der Waals surface area contributed by atoms with E-state index in [-0.39, 0.29) is 0 Å². The minimum atomic E-state index is 0.995. The fraction of sp³-hybridized carbons (Fsp3) is 0.250. The Morgan fingerprint density at radius 2 is 1.53 bits per heavy atom. The SMILES string of the molecule is Cc1ccc(Cc2ccccc2N(C)C)cc1. The van der Waals surface area contributed by atoms with Gasteiger partial charge >= 0.3 is 0 Å². The van der Waals surface area contributed by atoms with Crippen LogP contribution in [-0.4, -0.2) is 14.1 Å². The summed E-state index contributed by atoms with van der Waals surface area (Å²) in [4.78, 5) is 2.17. The standard InChI is InChI=1S/C16H19N/c1-13-8-10-14(11-9-13)12-15-6-4-5-7-16(15)17(2)3/h4-11H,12H2,1-3H3. The Kier molecular flexibility index (Phi) is 3.48. The number of aryl methyl sites for hydroxylation is 1. The van der Waals surface area contributed by atoms with E-state index >= 15 is 0 Å². The average Bonchev–Trinajstić information content (AvgIpc) is 2.32. The lowest BCUT2D eigenvalue weighted by atomic mass is 10.0. The molecule has 2 aromatic rings. The van der Waals surface area contributed by atoms with Gasteiger partial charge in [0, 0.05) is 19.8 Å². The van der Waals surface area contributed by atoms with Crippen LogP contribution in [0.25, 0.3) is 0 Å². The summed E-state index contributed by atoms with van der Waals surface area (Å²) in [7, 11) is 4.18. The molecular weight excluding hydrogens is 206 g/mol. The highest BCUT2D eigenvalue weighted by molar-refractivity contribution is 5.54. The van der Waals surface area contributed by atoms with Crippen LogP contribution in [0.5, 0.6) is 0 Å². The molecule has 0 aliphatic carbocycles. The molecular formula is C16H19N. The summed E-state index contributed by atoms with van der Waals surface area (Å²) in [5.74, 6) is 0. The number of hydrogen-bond acceptors (Lipinski definition) is 1. The molecule has 1 heteroatoms. The molecule has 0 bridgehead atoms. The van der Waals surface area contributed by atoms with Gasteiger partial charge in [0.15, 0.2) is 0 Å². The summed E-state index contributed by atoms with van der Waals surface area (Å²) >= 11 is 0. The van der Waals surface area contributed by atoms with Gasteiger partial charge in [-0.15, -0.1) is 0 Å². The van der Waals surface area contributed by atoms with Crippen molar-refractivity contribution in [1.29, 1.82) is 0 Å². The number of anilines is 1. The van der Waals surface area contributed by atoms with Gasteiger partial charge in [0.2, 0.25) is 0 Å². The third-order valence-corrected chi connectivity index (χ3v) is 2.99. The first kappa shape index (κ1) is 11.7. The zero-order chi connectivity index (χ0) is 12.3. The first-order valence-electron chi connectivity index (χ1n) is 5.97. The molecule has 2 aromatic carbocycles. The van der Waals surface area contributed by atoms with Crippen LogP contribution in [0.15, 0.2) is 48.5 Å². The molecule has 0 aliphatic heterocycles. The first-order valence-corrected chi connectivity index (χ1v) is 5.97. The Hall–Kier alpha value is -1.76. The molecule has 1 nitrogen and oxygen atoms in total. The summed E-state index contributed by atoms with van der Waals surface area (Å²) in [6, 6.07) is 17.3. The average molecular weight is 225 g/mol. The third-order valence-electron chi connectivity index (χ3n) is 2.99. The molecule has 0 radical (unpaired) electrons.